The number of rotatable bonds is 3. The predicted molar refractivity (Wildman–Crippen MR) is 73.6 cm³/mol. The summed E-state index contributed by atoms with van der Waals surface area (Å²) >= 11 is 2.01. The zero-order valence-corrected chi connectivity index (χ0v) is 10.4. The van der Waals surface area contributed by atoms with Gasteiger partial charge in [-0.2, -0.15) is 11.8 Å². The lowest BCUT2D eigenvalue weighted by atomic mass is 10.1. The van der Waals surface area contributed by atoms with Crippen molar-refractivity contribution in [3.05, 3.63) is 24.3 Å². The second kappa shape index (κ2) is 5.82. The van der Waals surface area contributed by atoms with Crippen LogP contribution in [-0.2, 0) is 0 Å². The standard InChI is InChI=1S/C12H17N3OS/c13-12(16)15-11-3-1-2-10(8-11)14-9-4-6-17-7-5-9/h1-3,8-9,14H,4-7H2,(H3,13,15,16). The van der Waals surface area contributed by atoms with E-state index in [4.69, 9.17) is 5.73 Å². The summed E-state index contributed by atoms with van der Waals surface area (Å²) in [7, 11) is 0. The molecule has 5 heteroatoms. The van der Waals surface area contributed by atoms with Gasteiger partial charge in [-0.1, -0.05) is 6.07 Å². The summed E-state index contributed by atoms with van der Waals surface area (Å²) in [6.07, 6.45) is 2.39. The van der Waals surface area contributed by atoms with Crippen LogP contribution in [0.4, 0.5) is 16.2 Å². The molecule has 0 unspecified atom stereocenters. The third-order valence-electron chi connectivity index (χ3n) is 2.72. The summed E-state index contributed by atoms with van der Waals surface area (Å²) in [5.74, 6) is 2.44. The van der Waals surface area contributed by atoms with Crippen molar-refractivity contribution in [2.75, 3.05) is 22.1 Å². The number of hydrogen-bond donors (Lipinski definition) is 3. The molecule has 4 N–H and O–H groups in total. The molecule has 92 valence electrons. The van der Waals surface area contributed by atoms with Crippen LogP contribution in [0.25, 0.3) is 0 Å². The largest absolute Gasteiger partial charge is 0.382 e. The van der Waals surface area contributed by atoms with Crippen LogP contribution in [0.2, 0.25) is 0 Å². The summed E-state index contributed by atoms with van der Waals surface area (Å²) in [4.78, 5) is 10.8. The molecule has 0 atom stereocenters. The zero-order valence-electron chi connectivity index (χ0n) is 9.61. The fourth-order valence-electron chi connectivity index (χ4n) is 1.91. The van der Waals surface area contributed by atoms with Crippen molar-refractivity contribution in [2.24, 2.45) is 5.73 Å². The van der Waals surface area contributed by atoms with Gasteiger partial charge in [0, 0.05) is 17.4 Å². The zero-order chi connectivity index (χ0) is 12.1. The van der Waals surface area contributed by atoms with Crippen LogP contribution in [0.15, 0.2) is 24.3 Å². The summed E-state index contributed by atoms with van der Waals surface area (Å²) in [5.41, 5.74) is 6.85. The van der Waals surface area contributed by atoms with Crippen molar-refractivity contribution in [1.82, 2.24) is 0 Å². The van der Waals surface area contributed by atoms with Crippen molar-refractivity contribution in [1.29, 1.82) is 0 Å². The van der Waals surface area contributed by atoms with Gasteiger partial charge in [0.1, 0.15) is 0 Å². The molecule has 0 spiro atoms. The van der Waals surface area contributed by atoms with E-state index < -0.39 is 6.03 Å². The molecule has 17 heavy (non-hydrogen) atoms. The molecule has 0 radical (unpaired) electrons. The Morgan fingerprint density at radius 2 is 2.00 bits per heavy atom. The Bertz CT molecular complexity index is 391. The van der Waals surface area contributed by atoms with Gasteiger partial charge in [0.05, 0.1) is 0 Å². The number of anilines is 2. The minimum Gasteiger partial charge on any atom is -0.382 e. The highest BCUT2D eigenvalue weighted by molar-refractivity contribution is 7.99. The lowest BCUT2D eigenvalue weighted by Crippen LogP contribution is -2.24. The van der Waals surface area contributed by atoms with Gasteiger partial charge >= 0.3 is 6.03 Å². The van der Waals surface area contributed by atoms with Crippen LogP contribution in [0.1, 0.15) is 12.8 Å². The van der Waals surface area contributed by atoms with Crippen LogP contribution in [0.5, 0.6) is 0 Å². The third-order valence-corrected chi connectivity index (χ3v) is 3.77. The van der Waals surface area contributed by atoms with Gasteiger partial charge in [-0.3, -0.25) is 0 Å². The Morgan fingerprint density at radius 3 is 2.71 bits per heavy atom. The molecule has 0 saturated carbocycles. The number of nitrogens with one attached hydrogen (secondary N) is 2. The van der Waals surface area contributed by atoms with Crippen LogP contribution in [-0.4, -0.2) is 23.6 Å². The molecule has 1 fully saturated rings. The average molecular weight is 251 g/mol. The van der Waals surface area contributed by atoms with Gasteiger partial charge in [0.25, 0.3) is 0 Å². The number of hydrogen-bond acceptors (Lipinski definition) is 3. The van der Waals surface area contributed by atoms with Crippen molar-refractivity contribution >= 4 is 29.2 Å². The van der Waals surface area contributed by atoms with Crippen LogP contribution >= 0.6 is 11.8 Å². The number of amides is 2. The maximum atomic E-state index is 10.8. The molecule has 2 amide bonds. The number of carbonyl (C=O) groups is 1. The highest BCUT2D eigenvalue weighted by Crippen LogP contribution is 2.22. The van der Waals surface area contributed by atoms with Gasteiger partial charge < -0.3 is 16.4 Å². The Kier molecular flexibility index (Phi) is 4.14. The van der Waals surface area contributed by atoms with E-state index in [1.807, 2.05) is 36.0 Å². The maximum absolute atomic E-state index is 10.8. The third kappa shape index (κ3) is 3.85. The van der Waals surface area contributed by atoms with E-state index in [-0.39, 0.29) is 0 Å². The van der Waals surface area contributed by atoms with Crippen LogP contribution in [0.3, 0.4) is 0 Å². The molecular weight excluding hydrogens is 234 g/mol. The molecule has 1 aromatic rings. The number of nitrogens with two attached hydrogens (primary N) is 1. The van der Waals surface area contributed by atoms with Crippen molar-refractivity contribution in [2.45, 2.75) is 18.9 Å². The van der Waals surface area contributed by atoms with E-state index in [0.29, 0.717) is 6.04 Å². The van der Waals surface area contributed by atoms with E-state index in [1.165, 1.54) is 24.3 Å². The predicted octanol–water partition coefficient (Wildman–Crippen LogP) is 2.48. The Morgan fingerprint density at radius 1 is 1.29 bits per heavy atom. The molecule has 2 rings (SSSR count). The first kappa shape index (κ1) is 12.1. The lowest BCUT2D eigenvalue weighted by molar-refractivity contribution is 0.259. The van der Waals surface area contributed by atoms with Crippen LogP contribution < -0.4 is 16.4 Å². The van der Waals surface area contributed by atoms with E-state index >= 15 is 0 Å². The first-order valence-corrected chi connectivity index (χ1v) is 6.90. The molecule has 1 aliphatic heterocycles. The van der Waals surface area contributed by atoms with Crippen LogP contribution in [0, 0.1) is 0 Å². The Balaban J connectivity index is 1.97. The summed E-state index contributed by atoms with van der Waals surface area (Å²) < 4.78 is 0. The molecule has 0 aliphatic carbocycles. The molecule has 1 aromatic carbocycles. The van der Waals surface area contributed by atoms with E-state index in [1.54, 1.807) is 0 Å². The first-order valence-electron chi connectivity index (χ1n) is 5.75. The van der Waals surface area contributed by atoms with E-state index in [2.05, 4.69) is 10.6 Å². The fourth-order valence-corrected chi connectivity index (χ4v) is 3.01. The van der Waals surface area contributed by atoms with E-state index in [9.17, 15) is 4.79 Å². The number of urea groups is 1. The van der Waals surface area contributed by atoms with Gasteiger partial charge in [-0.05, 0) is 42.5 Å². The lowest BCUT2D eigenvalue weighted by Gasteiger charge is -2.23. The number of thioether (sulfide) groups is 1. The molecule has 0 bridgehead atoms. The van der Waals surface area contributed by atoms with E-state index in [0.717, 1.165) is 11.4 Å². The Hall–Kier alpha value is -1.36. The van der Waals surface area contributed by atoms with Gasteiger partial charge in [0.2, 0.25) is 0 Å². The number of benzene rings is 1. The van der Waals surface area contributed by atoms with Crippen molar-refractivity contribution < 1.29 is 4.79 Å². The maximum Gasteiger partial charge on any atom is 0.316 e. The smallest absolute Gasteiger partial charge is 0.316 e. The quantitative estimate of drug-likeness (QED) is 0.773. The molecule has 1 saturated heterocycles. The topological polar surface area (TPSA) is 67.2 Å². The minimum atomic E-state index is -0.531. The number of carbonyl (C=O) groups excluding carboxylic acids is 1. The SMILES string of the molecule is NC(=O)Nc1cccc(NC2CCSCC2)c1. The molecule has 1 heterocycles. The fraction of sp³-hybridized carbons (Fsp3) is 0.417. The van der Waals surface area contributed by atoms with Gasteiger partial charge in [-0.25, -0.2) is 4.79 Å². The monoisotopic (exact) mass is 251 g/mol. The second-order valence-corrected chi connectivity index (χ2v) is 5.33. The minimum absolute atomic E-state index is 0.531. The number of primary amides is 1. The highest BCUT2D eigenvalue weighted by Gasteiger charge is 2.13. The van der Waals surface area contributed by atoms with Crippen molar-refractivity contribution in [3.8, 4) is 0 Å². The second-order valence-electron chi connectivity index (χ2n) is 4.10. The molecule has 0 aromatic heterocycles. The van der Waals surface area contributed by atoms with Gasteiger partial charge in [0.15, 0.2) is 0 Å². The van der Waals surface area contributed by atoms with Crippen molar-refractivity contribution in [3.63, 3.8) is 0 Å². The molecular formula is C12H17N3OS. The summed E-state index contributed by atoms with van der Waals surface area (Å²) in [6.45, 7) is 0. The highest BCUT2D eigenvalue weighted by atomic mass is 32.2. The first-order chi connectivity index (χ1) is 8.24. The summed E-state index contributed by atoms with van der Waals surface area (Å²) in [5, 5.41) is 6.07. The Labute approximate surface area is 105 Å². The molecule has 1 aliphatic rings. The summed E-state index contributed by atoms with van der Waals surface area (Å²) in [6, 6.07) is 7.66. The van der Waals surface area contributed by atoms with Gasteiger partial charge in [-0.15, -0.1) is 0 Å². The normalized spacial score (nSPS) is 16.5. The average Bonchev–Trinajstić information content (AvgIpc) is 2.30. The molecule has 4 nitrogen and oxygen atoms in total.